The molecule has 21 heteroatoms. The fourth-order valence-corrected chi connectivity index (χ4v) is 4.53. The van der Waals surface area contributed by atoms with Gasteiger partial charge in [0.25, 0.3) is 0 Å². The van der Waals surface area contributed by atoms with Crippen LogP contribution >= 0.6 is 8.60 Å². The fourth-order valence-electron chi connectivity index (χ4n) is 3.62. The molecule has 0 aliphatic heterocycles. The normalized spacial score (nSPS) is 11.4. The third-order valence-corrected chi connectivity index (χ3v) is 7.45. The molecule has 0 radical (unpaired) electrons. The molecule has 2 N–H and O–H groups in total. The highest BCUT2D eigenvalue weighted by Gasteiger charge is 2.11. The molecule has 0 saturated heterocycles. The number of rotatable bonds is 52. The van der Waals surface area contributed by atoms with E-state index in [0.717, 1.165) is 0 Å². The van der Waals surface area contributed by atoms with E-state index in [1.165, 1.54) is 0 Å². The summed E-state index contributed by atoms with van der Waals surface area (Å²) in [6, 6.07) is 0. The molecule has 0 aromatic carbocycles. The summed E-state index contributed by atoms with van der Waals surface area (Å²) in [5, 5.41) is 17.6. The van der Waals surface area contributed by atoms with Gasteiger partial charge in [0.2, 0.25) is 0 Å². The third kappa shape index (κ3) is 55.6. The molecule has 0 aromatic heterocycles. The molecule has 0 atom stereocenters. The van der Waals surface area contributed by atoms with Crippen molar-refractivity contribution < 1.29 is 94.8 Å². The molecular weight excluding hydrogens is 795 g/mol. The minimum atomic E-state index is -1.61. The first kappa shape index (κ1) is 61.9. The SMILES string of the molecule is C.C.COCCOCCOCCOCCOCCOCCOCCOCCOCCOCCOCCOCCOCCOCCOCCOP(OCCO)OCCO. The Morgan fingerprint density at radius 1 is 0.241 bits per heavy atom. The van der Waals surface area contributed by atoms with E-state index in [1.54, 1.807) is 7.11 Å². The van der Waals surface area contributed by atoms with E-state index in [0.29, 0.717) is 192 Å². The van der Waals surface area contributed by atoms with Crippen molar-refractivity contribution in [2.24, 2.45) is 0 Å². The summed E-state index contributed by atoms with van der Waals surface area (Å²) in [5.74, 6) is 0. The number of methoxy groups -OCH3 is 1. The van der Waals surface area contributed by atoms with Crippen LogP contribution in [0.1, 0.15) is 14.9 Å². The smallest absolute Gasteiger partial charge is 0.332 e. The summed E-state index contributed by atoms with van der Waals surface area (Å²) in [5.41, 5.74) is 0. The number of hydrogen-bond acceptors (Lipinski definition) is 20. The van der Waals surface area contributed by atoms with E-state index in [2.05, 4.69) is 0 Å². The van der Waals surface area contributed by atoms with Gasteiger partial charge in [-0.2, -0.15) is 0 Å². The van der Waals surface area contributed by atoms with Crippen molar-refractivity contribution >= 4 is 8.60 Å². The highest BCUT2D eigenvalue weighted by atomic mass is 31.2. The van der Waals surface area contributed by atoms with Gasteiger partial charge in [-0.05, 0) is 0 Å². The maximum absolute atomic E-state index is 8.81. The Balaban J connectivity index is -0.0000151. The van der Waals surface area contributed by atoms with E-state index >= 15 is 0 Å². The minimum absolute atomic E-state index is 0. The fraction of sp³-hybridized carbons (Fsp3) is 1.00. The molecule has 0 aliphatic rings. The van der Waals surface area contributed by atoms with Gasteiger partial charge in [-0.15, -0.1) is 0 Å². The second-order valence-corrected chi connectivity index (χ2v) is 12.0. The average molecular weight is 877 g/mol. The van der Waals surface area contributed by atoms with Gasteiger partial charge in [-0.3, -0.25) is 0 Å². The Morgan fingerprint density at radius 2 is 0.397 bits per heavy atom. The second-order valence-electron chi connectivity index (χ2n) is 10.7. The molecule has 0 rings (SSSR count). The largest absolute Gasteiger partial charge is 0.394 e. The van der Waals surface area contributed by atoms with Crippen LogP contribution in [0.15, 0.2) is 0 Å². The van der Waals surface area contributed by atoms with E-state index in [4.69, 9.17) is 94.8 Å². The number of hydrogen-bond donors (Lipinski definition) is 2. The molecule has 0 saturated carbocycles. The highest BCUT2D eigenvalue weighted by Crippen LogP contribution is 2.38. The summed E-state index contributed by atoms with van der Waals surface area (Å²) in [6.07, 6.45) is 0. The van der Waals surface area contributed by atoms with Gasteiger partial charge in [-0.25, -0.2) is 0 Å². The predicted octanol–water partition coefficient (Wildman–Crippen LogP) is 1.40. The first-order valence-corrected chi connectivity index (χ1v) is 20.4. The second kappa shape index (κ2) is 58.7. The Hall–Kier alpha value is -0.370. The standard InChI is InChI=1S/C35H73O20P.2CH4/c1-38-6-7-39-8-9-40-10-11-41-12-13-42-14-15-43-16-17-44-18-19-45-20-21-46-22-23-47-24-25-48-26-27-49-28-29-50-30-31-51-32-33-52-34-35-55-56(53-4-2-36)54-5-3-37;;/h36-37H,2-35H2,1H3;2*1H4. The van der Waals surface area contributed by atoms with Crippen molar-refractivity contribution in [2.45, 2.75) is 14.9 Å². The Labute approximate surface area is 349 Å². The lowest BCUT2D eigenvalue weighted by Crippen LogP contribution is -2.15. The number of aliphatic hydroxyl groups excluding tert-OH is 2. The van der Waals surface area contributed by atoms with Crippen molar-refractivity contribution in [1.82, 2.24) is 0 Å². The monoisotopic (exact) mass is 877 g/mol. The van der Waals surface area contributed by atoms with Crippen molar-refractivity contribution in [2.75, 3.05) is 232 Å². The molecule has 0 heterocycles. The Morgan fingerprint density at radius 3 is 0.569 bits per heavy atom. The first-order chi connectivity index (χ1) is 27.8. The summed E-state index contributed by atoms with van der Waals surface area (Å²) >= 11 is 0. The zero-order valence-electron chi connectivity index (χ0n) is 33.7. The molecule has 0 aromatic rings. The van der Waals surface area contributed by atoms with Crippen LogP contribution in [0.25, 0.3) is 0 Å². The van der Waals surface area contributed by atoms with Gasteiger partial charge < -0.3 is 94.8 Å². The van der Waals surface area contributed by atoms with Crippen LogP contribution in [-0.4, -0.2) is 242 Å². The first-order valence-electron chi connectivity index (χ1n) is 19.3. The van der Waals surface area contributed by atoms with E-state index < -0.39 is 8.60 Å². The van der Waals surface area contributed by atoms with Crippen molar-refractivity contribution in [1.29, 1.82) is 0 Å². The van der Waals surface area contributed by atoms with Crippen LogP contribution in [-0.2, 0) is 84.6 Å². The molecule has 0 aliphatic carbocycles. The molecule has 0 bridgehead atoms. The summed E-state index contributed by atoms with van der Waals surface area (Å²) in [7, 11) is 0.0277. The van der Waals surface area contributed by atoms with Crippen LogP contribution < -0.4 is 0 Å². The molecule has 0 spiro atoms. The average Bonchev–Trinajstić information content (AvgIpc) is 3.21. The number of ether oxygens (including phenoxy) is 15. The summed E-state index contributed by atoms with van der Waals surface area (Å²) < 4.78 is 97.0. The molecular formula is C37H81O20P. The minimum Gasteiger partial charge on any atom is -0.394 e. The zero-order valence-corrected chi connectivity index (χ0v) is 34.6. The van der Waals surface area contributed by atoms with Gasteiger partial charge >= 0.3 is 8.60 Å². The Kier molecular flexibility index (Phi) is 62.7. The van der Waals surface area contributed by atoms with Crippen LogP contribution in [0.4, 0.5) is 0 Å². The lowest BCUT2D eigenvalue weighted by atomic mass is 10.6. The lowest BCUT2D eigenvalue weighted by molar-refractivity contribution is -0.0300. The van der Waals surface area contributed by atoms with Gasteiger partial charge in [-0.1, -0.05) is 14.9 Å². The number of aliphatic hydroxyl groups is 2. The van der Waals surface area contributed by atoms with Gasteiger partial charge in [0, 0.05) is 7.11 Å². The summed E-state index contributed by atoms with van der Waals surface area (Å²) in [4.78, 5) is 0. The van der Waals surface area contributed by atoms with Crippen LogP contribution in [0, 0.1) is 0 Å². The molecule has 0 fully saturated rings. The van der Waals surface area contributed by atoms with E-state index in [1.807, 2.05) is 0 Å². The summed E-state index contributed by atoms with van der Waals surface area (Å²) in [6.45, 7) is 14.4. The molecule has 58 heavy (non-hydrogen) atoms. The molecule has 0 amide bonds. The quantitative estimate of drug-likeness (QED) is 0.0654. The highest BCUT2D eigenvalue weighted by molar-refractivity contribution is 7.41. The van der Waals surface area contributed by atoms with Crippen molar-refractivity contribution in [3.05, 3.63) is 0 Å². The van der Waals surface area contributed by atoms with Gasteiger partial charge in [0.05, 0.1) is 225 Å². The van der Waals surface area contributed by atoms with Crippen LogP contribution in [0.5, 0.6) is 0 Å². The van der Waals surface area contributed by atoms with Crippen molar-refractivity contribution in [3.8, 4) is 0 Å². The lowest BCUT2D eigenvalue weighted by Gasteiger charge is -2.15. The van der Waals surface area contributed by atoms with E-state index in [-0.39, 0.29) is 47.9 Å². The van der Waals surface area contributed by atoms with E-state index in [9.17, 15) is 0 Å². The maximum atomic E-state index is 8.81. The zero-order chi connectivity index (χ0) is 40.3. The predicted molar refractivity (Wildman–Crippen MR) is 216 cm³/mol. The van der Waals surface area contributed by atoms with Crippen LogP contribution in [0.2, 0.25) is 0 Å². The topological polar surface area (TPSA) is 207 Å². The molecule has 20 nitrogen and oxygen atoms in total. The van der Waals surface area contributed by atoms with Crippen molar-refractivity contribution in [3.63, 3.8) is 0 Å². The Bertz CT molecular complexity index is 689. The van der Waals surface area contributed by atoms with Gasteiger partial charge in [0.1, 0.15) is 0 Å². The van der Waals surface area contributed by atoms with Crippen LogP contribution in [0.3, 0.4) is 0 Å². The van der Waals surface area contributed by atoms with Gasteiger partial charge in [0.15, 0.2) is 0 Å². The molecule has 0 unspecified atom stereocenters. The molecule has 354 valence electrons. The third-order valence-electron chi connectivity index (χ3n) is 6.27. The maximum Gasteiger partial charge on any atom is 0.332 e.